The molecular weight excluding hydrogens is 341 g/mol. The van der Waals surface area contributed by atoms with Gasteiger partial charge in [0.15, 0.2) is 0 Å². The number of aryl methyl sites for hydroxylation is 1. The number of halogens is 3. The highest BCUT2D eigenvalue weighted by Crippen LogP contribution is 2.22. The van der Waals surface area contributed by atoms with Gasteiger partial charge < -0.3 is 4.74 Å². The van der Waals surface area contributed by atoms with Crippen LogP contribution in [0.1, 0.15) is 55.5 Å². The van der Waals surface area contributed by atoms with E-state index in [0.29, 0.717) is 17.9 Å². The number of esters is 1. The van der Waals surface area contributed by atoms with Gasteiger partial charge in [0.05, 0.1) is 0 Å². The molecule has 0 N–H and O–H groups in total. The van der Waals surface area contributed by atoms with Gasteiger partial charge in [-0.05, 0) is 42.5 Å². The van der Waals surface area contributed by atoms with Crippen LogP contribution in [-0.2, 0) is 6.42 Å². The van der Waals surface area contributed by atoms with E-state index >= 15 is 0 Å². The van der Waals surface area contributed by atoms with E-state index in [2.05, 4.69) is 13.8 Å². The number of carbonyl (C=O) groups excluding carboxylic acids is 1. The smallest absolute Gasteiger partial charge is 0.349 e. The molecule has 0 saturated heterocycles. The van der Waals surface area contributed by atoms with E-state index in [-0.39, 0.29) is 5.75 Å². The Labute approximate surface area is 152 Å². The Hall–Kier alpha value is -2.30. The Kier molecular flexibility index (Phi) is 7.25. The zero-order chi connectivity index (χ0) is 19.1. The summed E-state index contributed by atoms with van der Waals surface area (Å²) in [5, 5.41) is 0. The summed E-state index contributed by atoms with van der Waals surface area (Å²) in [5.74, 6) is -3.20. The van der Waals surface area contributed by atoms with Crippen molar-refractivity contribution in [2.75, 3.05) is 0 Å². The van der Waals surface area contributed by atoms with Crippen LogP contribution in [0.4, 0.5) is 13.2 Å². The number of carbonyl (C=O) groups is 1. The van der Waals surface area contributed by atoms with Crippen LogP contribution in [-0.4, -0.2) is 5.97 Å². The summed E-state index contributed by atoms with van der Waals surface area (Å²) in [6, 6.07) is 7.12. The minimum absolute atomic E-state index is 0.0849. The highest BCUT2D eigenvalue weighted by Gasteiger charge is 2.19. The van der Waals surface area contributed by atoms with Crippen molar-refractivity contribution in [3.63, 3.8) is 0 Å². The lowest BCUT2D eigenvalue weighted by molar-refractivity contribution is 0.0724. The van der Waals surface area contributed by atoms with Crippen molar-refractivity contribution in [3.8, 4) is 5.75 Å². The third kappa shape index (κ3) is 5.35. The molecule has 0 amide bonds. The molecule has 0 aromatic heterocycles. The van der Waals surface area contributed by atoms with E-state index in [4.69, 9.17) is 4.74 Å². The van der Waals surface area contributed by atoms with Crippen LogP contribution in [0, 0.1) is 23.4 Å². The summed E-state index contributed by atoms with van der Waals surface area (Å²) < 4.78 is 46.3. The van der Waals surface area contributed by atoms with E-state index in [0.717, 1.165) is 49.9 Å². The molecule has 0 saturated carbocycles. The quantitative estimate of drug-likeness (QED) is 0.419. The molecule has 0 aliphatic heterocycles. The van der Waals surface area contributed by atoms with Gasteiger partial charge in [0, 0.05) is 6.07 Å². The number of rotatable bonds is 8. The molecule has 1 unspecified atom stereocenters. The standard InChI is InChI=1S/C21H23F3O2/c1-3-6-14(2)7-4-8-15-11-12-16(13-19(15)24)26-21(25)20-17(22)9-5-10-18(20)23/h5,9-14H,3-4,6-8H2,1-2H3. The zero-order valence-electron chi connectivity index (χ0n) is 15.0. The predicted octanol–water partition coefficient (Wildman–Crippen LogP) is 6.08. The molecule has 0 radical (unpaired) electrons. The fraction of sp³-hybridized carbons (Fsp3) is 0.381. The fourth-order valence-electron chi connectivity index (χ4n) is 2.92. The van der Waals surface area contributed by atoms with Gasteiger partial charge in [-0.25, -0.2) is 18.0 Å². The third-order valence-electron chi connectivity index (χ3n) is 4.33. The van der Waals surface area contributed by atoms with Gasteiger partial charge >= 0.3 is 5.97 Å². The largest absolute Gasteiger partial charge is 0.423 e. The molecule has 140 valence electrons. The molecule has 2 aromatic rings. The first-order valence-corrected chi connectivity index (χ1v) is 8.87. The van der Waals surface area contributed by atoms with Crippen LogP contribution < -0.4 is 4.74 Å². The third-order valence-corrected chi connectivity index (χ3v) is 4.33. The van der Waals surface area contributed by atoms with Gasteiger partial charge in [-0.1, -0.05) is 45.2 Å². The lowest BCUT2D eigenvalue weighted by Gasteiger charge is -2.11. The Morgan fingerprint density at radius 3 is 2.35 bits per heavy atom. The average Bonchev–Trinajstić information content (AvgIpc) is 2.57. The van der Waals surface area contributed by atoms with Crippen LogP contribution in [0.3, 0.4) is 0 Å². The van der Waals surface area contributed by atoms with E-state index in [9.17, 15) is 18.0 Å². The average molecular weight is 364 g/mol. The summed E-state index contributed by atoms with van der Waals surface area (Å²) in [6.07, 6.45) is 4.78. The molecule has 2 rings (SSSR count). The molecular formula is C21H23F3O2. The van der Waals surface area contributed by atoms with Gasteiger partial charge in [0.25, 0.3) is 0 Å². The van der Waals surface area contributed by atoms with E-state index in [1.54, 1.807) is 6.07 Å². The Morgan fingerprint density at radius 1 is 1.04 bits per heavy atom. The summed E-state index contributed by atoms with van der Waals surface area (Å²) in [7, 11) is 0. The molecule has 0 aliphatic carbocycles. The van der Waals surface area contributed by atoms with Crippen LogP contribution in [0.5, 0.6) is 5.75 Å². The maximum atomic E-state index is 14.2. The van der Waals surface area contributed by atoms with Gasteiger partial charge in [-0.15, -0.1) is 0 Å². The van der Waals surface area contributed by atoms with Crippen molar-refractivity contribution in [1.82, 2.24) is 0 Å². The van der Waals surface area contributed by atoms with Crippen LogP contribution in [0.2, 0.25) is 0 Å². The summed E-state index contributed by atoms with van der Waals surface area (Å²) in [5.41, 5.74) is -0.257. The second kappa shape index (κ2) is 9.41. The molecule has 0 aliphatic rings. The first-order valence-electron chi connectivity index (χ1n) is 8.87. The normalized spacial score (nSPS) is 12.0. The second-order valence-corrected chi connectivity index (χ2v) is 6.53. The monoisotopic (exact) mass is 364 g/mol. The molecule has 26 heavy (non-hydrogen) atoms. The lowest BCUT2D eigenvalue weighted by atomic mass is 9.97. The Balaban J connectivity index is 2.00. The van der Waals surface area contributed by atoms with Crippen molar-refractivity contribution in [1.29, 1.82) is 0 Å². The van der Waals surface area contributed by atoms with Crippen LogP contribution in [0.25, 0.3) is 0 Å². The molecule has 2 aromatic carbocycles. The van der Waals surface area contributed by atoms with Gasteiger partial charge in [-0.2, -0.15) is 0 Å². The lowest BCUT2D eigenvalue weighted by Crippen LogP contribution is -2.13. The second-order valence-electron chi connectivity index (χ2n) is 6.53. The molecule has 0 heterocycles. The van der Waals surface area contributed by atoms with Crippen LogP contribution >= 0.6 is 0 Å². The van der Waals surface area contributed by atoms with Gasteiger partial charge in [-0.3, -0.25) is 0 Å². The van der Waals surface area contributed by atoms with Crippen molar-refractivity contribution in [3.05, 3.63) is 65.0 Å². The summed E-state index contributed by atoms with van der Waals surface area (Å²) >= 11 is 0. The minimum atomic E-state index is -1.19. The molecule has 0 fully saturated rings. The molecule has 1 atom stereocenters. The maximum Gasteiger partial charge on any atom is 0.349 e. The summed E-state index contributed by atoms with van der Waals surface area (Å²) in [6.45, 7) is 4.33. The summed E-state index contributed by atoms with van der Waals surface area (Å²) in [4.78, 5) is 11.9. The van der Waals surface area contributed by atoms with E-state index < -0.39 is 29.0 Å². The van der Waals surface area contributed by atoms with Crippen LogP contribution in [0.15, 0.2) is 36.4 Å². The Bertz CT molecular complexity index is 739. The molecule has 2 nitrogen and oxygen atoms in total. The van der Waals surface area contributed by atoms with Gasteiger partial charge in [0.1, 0.15) is 28.8 Å². The van der Waals surface area contributed by atoms with Crippen molar-refractivity contribution < 1.29 is 22.7 Å². The number of benzene rings is 2. The molecule has 0 spiro atoms. The minimum Gasteiger partial charge on any atom is -0.423 e. The number of hydrogen-bond acceptors (Lipinski definition) is 2. The topological polar surface area (TPSA) is 26.3 Å². The Morgan fingerprint density at radius 2 is 1.73 bits per heavy atom. The van der Waals surface area contributed by atoms with Crippen molar-refractivity contribution in [2.24, 2.45) is 5.92 Å². The molecule has 5 heteroatoms. The SMILES string of the molecule is CCCC(C)CCCc1ccc(OC(=O)c2c(F)cccc2F)cc1F. The first kappa shape index (κ1) is 20.0. The number of ether oxygens (including phenoxy) is 1. The van der Waals surface area contributed by atoms with Crippen molar-refractivity contribution >= 4 is 5.97 Å². The fourth-order valence-corrected chi connectivity index (χ4v) is 2.92. The maximum absolute atomic E-state index is 14.2. The predicted molar refractivity (Wildman–Crippen MR) is 94.7 cm³/mol. The van der Waals surface area contributed by atoms with E-state index in [1.807, 2.05) is 0 Å². The highest BCUT2D eigenvalue weighted by atomic mass is 19.1. The number of hydrogen-bond donors (Lipinski definition) is 0. The highest BCUT2D eigenvalue weighted by molar-refractivity contribution is 5.91. The van der Waals surface area contributed by atoms with Gasteiger partial charge in [0.2, 0.25) is 0 Å². The van der Waals surface area contributed by atoms with Crippen molar-refractivity contribution in [2.45, 2.75) is 46.0 Å². The molecule has 0 bridgehead atoms. The van der Waals surface area contributed by atoms with E-state index in [1.165, 1.54) is 6.07 Å². The zero-order valence-corrected chi connectivity index (χ0v) is 15.0. The first-order chi connectivity index (χ1) is 12.4.